The zero-order valence-corrected chi connectivity index (χ0v) is 12.3. The van der Waals surface area contributed by atoms with E-state index < -0.39 is 17.6 Å². The van der Waals surface area contributed by atoms with Crippen LogP contribution in [0.1, 0.15) is 28.8 Å². The molecule has 126 valence electrons. The molecule has 0 spiro atoms. The molecule has 1 atom stereocenters. The maximum Gasteiger partial charge on any atom is 0.416 e. The van der Waals surface area contributed by atoms with E-state index in [2.05, 4.69) is 10.6 Å². The molecule has 1 saturated carbocycles. The molecule has 1 aromatic rings. The molecule has 2 rings (SSSR count). The summed E-state index contributed by atoms with van der Waals surface area (Å²) in [5.74, 6) is -0.543. The fraction of sp³-hybridized carbons (Fsp3) is 0.467. The average Bonchev–Trinajstić information content (AvgIpc) is 3.34. The lowest BCUT2D eigenvalue weighted by Gasteiger charge is -2.12. The van der Waals surface area contributed by atoms with Crippen LogP contribution in [0.25, 0.3) is 0 Å². The van der Waals surface area contributed by atoms with Crippen molar-refractivity contribution in [3.63, 3.8) is 0 Å². The smallest absolute Gasteiger partial charge is 0.353 e. The number of carbonyl (C=O) groups is 2. The molecule has 1 aliphatic rings. The monoisotopic (exact) mass is 329 g/mol. The minimum Gasteiger partial charge on any atom is -0.353 e. The minimum absolute atomic E-state index is 0.0560. The Balaban J connectivity index is 1.76. The third-order valence-electron chi connectivity index (χ3n) is 3.65. The molecule has 2 amide bonds. The molecule has 5 nitrogen and oxygen atoms in total. The highest BCUT2D eigenvalue weighted by Gasteiger charge is 2.30. The van der Waals surface area contributed by atoms with Crippen molar-refractivity contribution in [3.8, 4) is 0 Å². The molecule has 0 radical (unpaired) electrons. The van der Waals surface area contributed by atoms with E-state index in [4.69, 9.17) is 5.73 Å². The normalized spacial score (nSPS) is 15.8. The van der Waals surface area contributed by atoms with E-state index in [1.165, 1.54) is 0 Å². The maximum absolute atomic E-state index is 12.4. The highest BCUT2D eigenvalue weighted by atomic mass is 19.4. The Kier molecular flexibility index (Phi) is 5.25. The number of carbonyl (C=O) groups excluding carboxylic acids is 2. The van der Waals surface area contributed by atoms with Gasteiger partial charge in [-0.1, -0.05) is 0 Å². The molecule has 1 unspecified atom stereocenters. The fourth-order valence-electron chi connectivity index (χ4n) is 2.06. The van der Waals surface area contributed by atoms with Gasteiger partial charge in [-0.25, -0.2) is 0 Å². The molecule has 0 saturated heterocycles. The van der Waals surface area contributed by atoms with Crippen molar-refractivity contribution < 1.29 is 22.8 Å². The number of benzene rings is 1. The SMILES string of the molecule is NC(CNC(=O)CNC(=O)c1ccc(C(F)(F)F)cc1)C1CC1. The molecule has 1 aliphatic carbocycles. The van der Waals surface area contributed by atoms with Gasteiger partial charge in [0.1, 0.15) is 0 Å². The highest BCUT2D eigenvalue weighted by molar-refractivity contribution is 5.96. The Morgan fingerprint density at radius 2 is 1.78 bits per heavy atom. The van der Waals surface area contributed by atoms with Crippen molar-refractivity contribution in [2.24, 2.45) is 11.7 Å². The Morgan fingerprint density at radius 1 is 1.17 bits per heavy atom. The van der Waals surface area contributed by atoms with E-state index >= 15 is 0 Å². The number of hydrogen-bond donors (Lipinski definition) is 3. The molecule has 0 bridgehead atoms. The number of amides is 2. The molecule has 1 fully saturated rings. The first-order valence-corrected chi connectivity index (χ1v) is 7.25. The predicted octanol–water partition coefficient (Wildman–Crippen LogP) is 1.29. The van der Waals surface area contributed by atoms with Crippen LogP contribution in [0.5, 0.6) is 0 Å². The predicted molar refractivity (Wildman–Crippen MR) is 77.5 cm³/mol. The van der Waals surface area contributed by atoms with Crippen LogP contribution in [0.2, 0.25) is 0 Å². The lowest BCUT2D eigenvalue weighted by atomic mass is 10.1. The van der Waals surface area contributed by atoms with Crippen molar-refractivity contribution in [2.45, 2.75) is 25.1 Å². The van der Waals surface area contributed by atoms with E-state index in [9.17, 15) is 22.8 Å². The van der Waals surface area contributed by atoms with Crippen molar-refractivity contribution in [3.05, 3.63) is 35.4 Å². The zero-order chi connectivity index (χ0) is 17.0. The number of hydrogen-bond acceptors (Lipinski definition) is 3. The van der Waals surface area contributed by atoms with Gasteiger partial charge in [0.25, 0.3) is 5.91 Å². The van der Waals surface area contributed by atoms with Crippen LogP contribution in [0.15, 0.2) is 24.3 Å². The lowest BCUT2D eigenvalue weighted by molar-refractivity contribution is -0.137. The molecule has 0 aromatic heterocycles. The van der Waals surface area contributed by atoms with Crippen molar-refractivity contribution in [1.29, 1.82) is 0 Å². The van der Waals surface area contributed by atoms with Crippen LogP contribution in [-0.4, -0.2) is 30.9 Å². The van der Waals surface area contributed by atoms with Gasteiger partial charge in [0, 0.05) is 18.2 Å². The van der Waals surface area contributed by atoms with E-state index in [-0.39, 0.29) is 24.1 Å². The second kappa shape index (κ2) is 6.99. The van der Waals surface area contributed by atoms with Crippen LogP contribution >= 0.6 is 0 Å². The van der Waals surface area contributed by atoms with Gasteiger partial charge in [-0.15, -0.1) is 0 Å². The molecule has 1 aromatic carbocycles. The van der Waals surface area contributed by atoms with E-state index in [0.29, 0.717) is 12.5 Å². The summed E-state index contributed by atoms with van der Waals surface area (Å²) in [5.41, 5.74) is 5.05. The van der Waals surface area contributed by atoms with E-state index in [1.54, 1.807) is 0 Å². The third kappa shape index (κ3) is 5.24. The Hall–Kier alpha value is -2.09. The topological polar surface area (TPSA) is 84.2 Å². The summed E-state index contributed by atoms with van der Waals surface area (Å²) in [5, 5.41) is 4.96. The fourth-order valence-corrected chi connectivity index (χ4v) is 2.06. The maximum atomic E-state index is 12.4. The number of alkyl halides is 3. The van der Waals surface area contributed by atoms with Gasteiger partial charge in [0.15, 0.2) is 0 Å². The Labute approximate surface area is 131 Å². The van der Waals surface area contributed by atoms with Crippen LogP contribution in [-0.2, 0) is 11.0 Å². The molecule has 4 N–H and O–H groups in total. The second-order valence-electron chi connectivity index (χ2n) is 5.56. The largest absolute Gasteiger partial charge is 0.416 e. The highest BCUT2D eigenvalue weighted by Crippen LogP contribution is 2.31. The number of rotatable bonds is 6. The third-order valence-corrected chi connectivity index (χ3v) is 3.65. The summed E-state index contributed by atoms with van der Waals surface area (Å²) >= 11 is 0. The van der Waals surface area contributed by atoms with Crippen LogP contribution in [0, 0.1) is 5.92 Å². The molecular formula is C15H18F3N3O2. The molecular weight excluding hydrogens is 311 g/mol. The first kappa shape index (κ1) is 17.3. The summed E-state index contributed by atoms with van der Waals surface area (Å²) in [7, 11) is 0. The number of nitrogens with two attached hydrogens (primary N) is 1. The van der Waals surface area contributed by atoms with Crippen LogP contribution < -0.4 is 16.4 Å². The minimum atomic E-state index is -4.45. The van der Waals surface area contributed by atoms with Crippen molar-refractivity contribution in [2.75, 3.05) is 13.1 Å². The standard InChI is InChI=1S/C15H18F3N3O2/c16-15(17,18)11-5-3-10(4-6-11)14(23)21-8-13(22)20-7-12(19)9-1-2-9/h3-6,9,12H,1-2,7-8,19H2,(H,20,22)(H,21,23). The van der Waals surface area contributed by atoms with Gasteiger partial charge in [0.2, 0.25) is 5.91 Å². The summed E-state index contributed by atoms with van der Waals surface area (Å²) in [4.78, 5) is 23.4. The summed E-state index contributed by atoms with van der Waals surface area (Å²) in [6.07, 6.45) is -2.31. The summed E-state index contributed by atoms with van der Waals surface area (Å²) in [6.45, 7) is 0.0941. The Morgan fingerprint density at radius 3 is 2.30 bits per heavy atom. The molecule has 23 heavy (non-hydrogen) atoms. The van der Waals surface area contributed by atoms with Gasteiger partial charge < -0.3 is 16.4 Å². The quantitative estimate of drug-likeness (QED) is 0.735. The van der Waals surface area contributed by atoms with Crippen molar-refractivity contribution in [1.82, 2.24) is 10.6 Å². The van der Waals surface area contributed by atoms with E-state index in [0.717, 1.165) is 37.1 Å². The second-order valence-corrected chi connectivity index (χ2v) is 5.56. The van der Waals surface area contributed by atoms with E-state index in [1.807, 2.05) is 0 Å². The zero-order valence-electron chi connectivity index (χ0n) is 12.3. The number of halogens is 3. The number of nitrogens with one attached hydrogen (secondary N) is 2. The average molecular weight is 329 g/mol. The van der Waals surface area contributed by atoms with Crippen LogP contribution in [0.4, 0.5) is 13.2 Å². The van der Waals surface area contributed by atoms with Crippen LogP contribution in [0.3, 0.4) is 0 Å². The van der Waals surface area contributed by atoms with Gasteiger partial charge in [0.05, 0.1) is 12.1 Å². The van der Waals surface area contributed by atoms with Gasteiger partial charge in [-0.2, -0.15) is 13.2 Å². The van der Waals surface area contributed by atoms with Gasteiger partial charge in [-0.05, 0) is 43.0 Å². The Bertz CT molecular complexity index is 568. The first-order valence-electron chi connectivity index (χ1n) is 7.25. The van der Waals surface area contributed by atoms with Gasteiger partial charge >= 0.3 is 6.18 Å². The molecule has 0 aliphatic heterocycles. The lowest BCUT2D eigenvalue weighted by Crippen LogP contribution is -2.43. The van der Waals surface area contributed by atoms with Gasteiger partial charge in [-0.3, -0.25) is 9.59 Å². The molecule has 0 heterocycles. The summed E-state index contributed by atoms with van der Waals surface area (Å²) in [6, 6.07) is 3.70. The van der Waals surface area contributed by atoms with Crippen molar-refractivity contribution >= 4 is 11.8 Å². The summed E-state index contributed by atoms with van der Waals surface area (Å²) < 4.78 is 37.3. The first-order chi connectivity index (χ1) is 10.8. The molecule has 8 heteroatoms.